The molecule has 1 N–H and O–H groups in total. The number of hydrogen-bond donors (Lipinski definition) is 1. The maximum Gasteiger partial charge on any atom is 0.409 e. The van der Waals surface area contributed by atoms with Gasteiger partial charge in [-0.1, -0.05) is 35.9 Å². The van der Waals surface area contributed by atoms with Crippen molar-refractivity contribution >= 4 is 34.3 Å². The van der Waals surface area contributed by atoms with Gasteiger partial charge in [0.05, 0.1) is 6.61 Å². The van der Waals surface area contributed by atoms with Crippen LogP contribution in [0.25, 0.3) is 10.8 Å². The number of nitrogens with zero attached hydrogens (tertiary/aromatic N) is 2. The fraction of sp³-hybridized carbons (Fsp3) is 0.412. The molecule has 1 aliphatic rings. The van der Waals surface area contributed by atoms with Gasteiger partial charge in [-0.15, -0.1) is 0 Å². The van der Waals surface area contributed by atoms with Crippen molar-refractivity contribution in [1.29, 1.82) is 0 Å². The number of rotatable bonds is 3. The molecule has 1 amide bonds. The quantitative estimate of drug-likeness (QED) is 0.865. The topological polar surface area (TPSA) is 54.5 Å². The molecule has 0 atom stereocenters. The first-order valence-electron chi connectivity index (χ1n) is 7.91. The molecule has 0 bridgehead atoms. The predicted octanol–water partition coefficient (Wildman–Crippen LogP) is 3.92. The van der Waals surface area contributed by atoms with Crippen molar-refractivity contribution in [3.05, 3.63) is 35.5 Å². The van der Waals surface area contributed by atoms with E-state index in [-0.39, 0.29) is 12.1 Å². The molecule has 122 valence electrons. The number of amides is 1. The number of ether oxygens (including phenoxy) is 1. The molecule has 2 heterocycles. The molecule has 23 heavy (non-hydrogen) atoms. The van der Waals surface area contributed by atoms with Gasteiger partial charge in [0.25, 0.3) is 0 Å². The van der Waals surface area contributed by atoms with Gasteiger partial charge in [0.15, 0.2) is 0 Å². The van der Waals surface area contributed by atoms with Gasteiger partial charge in [-0.25, -0.2) is 9.78 Å². The third-order valence-corrected chi connectivity index (χ3v) is 4.35. The number of piperidine rings is 1. The number of anilines is 1. The summed E-state index contributed by atoms with van der Waals surface area (Å²) in [6.45, 7) is 3.62. The fourth-order valence-electron chi connectivity index (χ4n) is 2.86. The SMILES string of the molecule is CCOC(=O)N1CCC(Nc2cc3ccccc3c(Cl)n2)CC1. The van der Waals surface area contributed by atoms with Gasteiger partial charge in [-0.3, -0.25) is 0 Å². The second-order valence-corrected chi connectivity index (χ2v) is 5.98. The Bertz CT molecular complexity index is 699. The Morgan fingerprint density at radius 2 is 2.13 bits per heavy atom. The Kier molecular flexibility index (Phi) is 4.86. The first kappa shape index (κ1) is 15.9. The lowest BCUT2D eigenvalue weighted by molar-refractivity contribution is 0.0983. The van der Waals surface area contributed by atoms with Crippen molar-refractivity contribution in [2.24, 2.45) is 0 Å². The number of carbonyl (C=O) groups excluding carboxylic acids is 1. The van der Waals surface area contributed by atoms with Gasteiger partial charge in [-0.05, 0) is 31.2 Å². The van der Waals surface area contributed by atoms with E-state index in [1.807, 2.05) is 37.3 Å². The van der Waals surface area contributed by atoms with Gasteiger partial charge < -0.3 is 15.0 Å². The zero-order chi connectivity index (χ0) is 16.2. The monoisotopic (exact) mass is 333 g/mol. The molecular weight excluding hydrogens is 314 g/mol. The minimum absolute atomic E-state index is 0.224. The molecule has 0 spiro atoms. The van der Waals surface area contributed by atoms with Crippen LogP contribution in [0, 0.1) is 0 Å². The fourth-order valence-corrected chi connectivity index (χ4v) is 3.12. The van der Waals surface area contributed by atoms with Crippen molar-refractivity contribution in [1.82, 2.24) is 9.88 Å². The van der Waals surface area contributed by atoms with Crippen LogP contribution in [0.2, 0.25) is 5.15 Å². The number of nitrogens with one attached hydrogen (secondary N) is 1. The summed E-state index contributed by atoms with van der Waals surface area (Å²) in [5.74, 6) is 0.781. The van der Waals surface area contributed by atoms with Gasteiger partial charge in [0, 0.05) is 24.5 Å². The molecule has 1 aromatic heterocycles. The minimum Gasteiger partial charge on any atom is -0.450 e. The number of hydrogen-bond acceptors (Lipinski definition) is 4. The number of pyridine rings is 1. The first-order chi connectivity index (χ1) is 11.2. The third-order valence-electron chi connectivity index (χ3n) is 4.07. The zero-order valence-corrected chi connectivity index (χ0v) is 13.8. The van der Waals surface area contributed by atoms with Crippen molar-refractivity contribution in [2.45, 2.75) is 25.8 Å². The lowest BCUT2D eigenvalue weighted by Crippen LogP contribution is -2.42. The number of likely N-dealkylation sites (tertiary alicyclic amines) is 1. The lowest BCUT2D eigenvalue weighted by atomic mass is 10.1. The van der Waals surface area contributed by atoms with Crippen molar-refractivity contribution < 1.29 is 9.53 Å². The standard InChI is InChI=1S/C17H20ClN3O2/c1-2-23-17(22)21-9-7-13(8-10-21)19-15-11-12-5-3-4-6-14(12)16(18)20-15/h3-6,11,13H,2,7-10H2,1H3,(H,19,20). The largest absolute Gasteiger partial charge is 0.450 e. The summed E-state index contributed by atoms with van der Waals surface area (Å²) in [5.41, 5.74) is 0. The minimum atomic E-state index is -0.224. The van der Waals surface area contributed by atoms with Crippen LogP contribution in [0.15, 0.2) is 30.3 Å². The molecule has 1 aliphatic heterocycles. The van der Waals surface area contributed by atoms with Crippen molar-refractivity contribution in [2.75, 3.05) is 25.0 Å². The highest BCUT2D eigenvalue weighted by Gasteiger charge is 2.23. The summed E-state index contributed by atoms with van der Waals surface area (Å²) in [6, 6.07) is 10.2. The van der Waals surface area contributed by atoms with Crippen LogP contribution in [0.4, 0.5) is 10.6 Å². The van der Waals surface area contributed by atoms with E-state index in [4.69, 9.17) is 16.3 Å². The van der Waals surface area contributed by atoms with E-state index < -0.39 is 0 Å². The molecular formula is C17H20ClN3O2. The van der Waals surface area contributed by atoms with Gasteiger partial charge >= 0.3 is 6.09 Å². The Morgan fingerprint density at radius 3 is 2.87 bits per heavy atom. The Morgan fingerprint density at radius 1 is 1.39 bits per heavy atom. The van der Waals surface area contributed by atoms with Crippen LogP contribution in [0.3, 0.4) is 0 Å². The molecule has 0 unspecified atom stereocenters. The summed E-state index contributed by atoms with van der Waals surface area (Å²) >= 11 is 6.26. The van der Waals surface area contributed by atoms with Crippen LogP contribution in [-0.2, 0) is 4.74 Å². The van der Waals surface area contributed by atoms with Crippen LogP contribution in [0.5, 0.6) is 0 Å². The lowest BCUT2D eigenvalue weighted by Gasteiger charge is -2.31. The summed E-state index contributed by atoms with van der Waals surface area (Å²) in [6.07, 6.45) is 1.51. The van der Waals surface area contributed by atoms with E-state index >= 15 is 0 Å². The summed E-state index contributed by atoms with van der Waals surface area (Å²) in [4.78, 5) is 17.9. The molecule has 5 nitrogen and oxygen atoms in total. The molecule has 6 heteroatoms. The summed E-state index contributed by atoms with van der Waals surface area (Å²) in [5, 5.41) is 5.96. The van der Waals surface area contributed by atoms with E-state index in [2.05, 4.69) is 10.3 Å². The average Bonchev–Trinajstić information content (AvgIpc) is 2.56. The van der Waals surface area contributed by atoms with Gasteiger partial charge in [0.2, 0.25) is 0 Å². The van der Waals surface area contributed by atoms with Crippen LogP contribution in [-0.4, -0.2) is 41.7 Å². The zero-order valence-electron chi connectivity index (χ0n) is 13.1. The van der Waals surface area contributed by atoms with E-state index in [0.29, 0.717) is 24.8 Å². The van der Waals surface area contributed by atoms with E-state index in [9.17, 15) is 4.79 Å². The molecule has 0 aliphatic carbocycles. The van der Waals surface area contributed by atoms with Gasteiger partial charge in [-0.2, -0.15) is 0 Å². The van der Waals surface area contributed by atoms with Crippen LogP contribution >= 0.6 is 11.6 Å². The highest BCUT2D eigenvalue weighted by molar-refractivity contribution is 6.34. The van der Waals surface area contributed by atoms with Crippen LogP contribution < -0.4 is 5.32 Å². The Hall–Kier alpha value is -2.01. The second-order valence-electron chi connectivity index (χ2n) is 5.62. The molecule has 2 aromatic rings. The number of carbonyl (C=O) groups is 1. The smallest absolute Gasteiger partial charge is 0.409 e. The maximum atomic E-state index is 11.7. The first-order valence-corrected chi connectivity index (χ1v) is 8.28. The predicted molar refractivity (Wildman–Crippen MR) is 92.0 cm³/mol. The summed E-state index contributed by atoms with van der Waals surface area (Å²) < 4.78 is 5.04. The van der Waals surface area contributed by atoms with Crippen molar-refractivity contribution in [3.63, 3.8) is 0 Å². The van der Waals surface area contributed by atoms with E-state index in [1.165, 1.54) is 0 Å². The normalized spacial score (nSPS) is 15.7. The van der Waals surface area contributed by atoms with Crippen LogP contribution in [0.1, 0.15) is 19.8 Å². The van der Waals surface area contributed by atoms with E-state index in [0.717, 1.165) is 29.4 Å². The number of benzene rings is 1. The number of aromatic nitrogens is 1. The van der Waals surface area contributed by atoms with E-state index in [1.54, 1.807) is 4.90 Å². The molecule has 1 saturated heterocycles. The molecule has 0 saturated carbocycles. The molecule has 3 rings (SSSR count). The van der Waals surface area contributed by atoms with Gasteiger partial charge in [0.1, 0.15) is 11.0 Å². The molecule has 0 radical (unpaired) electrons. The van der Waals surface area contributed by atoms with Crippen molar-refractivity contribution in [3.8, 4) is 0 Å². The third kappa shape index (κ3) is 3.67. The molecule has 1 fully saturated rings. The highest BCUT2D eigenvalue weighted by atomic mass is 35.5. The second kappa shape index (κ2) is 7.04. The number of fused-ring (bicyclic) bond motifs is 1. The molecule has 1 aromatic carbocycles. The highest BCUT2D eigenvalue weighted by Crippen LogP contribution is 2.25. The maximum absolute atomic E-state index is 11.7. The average molecular weight is 334 g/mol. The number of halogens is 1. The summed E-state index contributed by atoms with van der Waals surface area (Å²) in [7, 11) is 0. The Balaban J connectivity index is 1.64. The Labute approximate surface area is 140 Å².